The first-order valence-corrected chi connectivity index (χ1v) is 19.6. The number of fused-ring (bicyclic) bond motifs is 9. The van der Waals surface area contributed by atoms with Crippen LogP contribution in [0.1, 0.15) is 25.0 Å². The van der Waals surface area contributed by atoms with Gasteiger partial charge in [-0.3, -0.25) is 0 Å². The predicted molar refractivity (Wildman–Crippen MR) is 240 cm³/mol. The first-order chi connectivity index (χ1) is 27.6. The van der Waals surface area contributed by atoms with Gasteiger partial charge in [0.1, 0.15) is 0 Å². The third-order valence-corrected chi connectivity index (χ3v) is 12.2. The van der Waals surface area contributed by atoms with E-state index < -0.39 is 0 Å². The normalized spacial score (nSPS) is 13.0. The number of hydrogen-bond acceptors (Lipinski definition) is 1. The van der Waals surface area contributed by atoms with Crippen LogP contribution in [0.2, 0.25) is 0 Å². The van der Waals surface area contributed by atoms with Crippen molar-refractivity contribution in [2.75, 3.05) is 4.90 Å². The third kappa shape index (κ3) is 4.87. The minimum absolute atomic E-state index is 0.131. The summed E-state index contributed by atoms with van der Waals surface area (Å²) < 4.78 is 0. The molecular weight excluding hydrogens is 675 g/mol. The quantitative estimate of drug-likeness (QED) is 0.161. The lowest BCUT2D eigenvalue weighted by molar-refractivity contribution is 0.660. The van der Waals surface area contributed by atoms with Crippen LogP contribution in [-0.2, 0) is 5.41 Å². The van der Waals surface area contributed by atoms with Crippen molar-refractivity contribution < 1.29 is 0 Å². The summed E-state index contributed by atoms with van der Waals surface area (Å²) in [5, 5.41) is 10.0. The molecule has 56 heavy (non-hydrogen) atoms. The van der Waals surface area contributed by atoms with E-state index in [-0.39, 0.29) is 5.41 Å². The van der Waals surface area contributed by atoms with Crippen molar-refractivity contribution in [3.8, 4) is 33.4 Å². The van der Waals surface area contributed by atoms with Gasteiger partial charge in [0.15, 0.2) is 0 Å². The second kappa shape index (κ2) is 12.5. The molecule has 1 nitrogen and oxygen atoms in total. The van der Waals surface area contributed by atoms with E-state index in [1.165, 1.54) is 87.6 Å². The molecule has 1 heteroatoms. The van der Waals surface area contributed by atoms with Gasteiger partial charge in [-0.15, -0.1) is 0 Å². The van der Waals surface area contributed by atoms with Gasteiger partial charge in [-0.25, -0.2) is 0 Å². The molecule has 0 amide bonds. The van der Waals surface area contributed by atoms with Crippen molar-refractivity contribution >= 4 is 60.2 Å². The Morgan fingerprint density at radius 2 is 0.839 bits per heavy atom. The van der Waals surface area contributed by atoms with Gasteiger partial charge >= 0.3 is 0 Å². The topological polar surface area (TPSA) is 3.24 Å². The molecule has 1 aliphatic carbocycles. The van der Waals surface area contributed by atoms with Gasteiger partial charge in [-0.05, 0) is 124 Å². The van der Waals surface area contributed by atoms with Gasteiger partial charge in [0.25, 0.3) is 0 Å². The predicted octanol–water partition coefficient (Wildman–Crippen LogP) is 15.4. The van der Waals surface area contributed by atoms with E-state index in [9.17, 15) is 0 Å². The Bertz CT molecular complexity index is 3170. The lowest BCUT2D eigenvalue weighted by atomic mass is 9.82. The van der Waals surface area contributed by atoms with Crippen LogP contribution in [0.15, 0.2) is 200 Å². The zero-order chi connectivity index (χ0) is 37.4. The number of benzene rings is 10. The lowest BCUT2D eigenvalue weighted by Gasteiger charge is -2.31. The Kier molecular flexibility index (Phi) is 7.28. The van der Waals surface area contributed by atoms with Gasteiger partial charge in [-0.1, -0.05) is 172 Å². The van der Waals surface area contributed by atoms with E-state index in [1.807, 2.05) is 0 Å². The third-order valence-electron chi connectivity index (χ3n) is 12.2. The molecule has 0 aliphatic heterocycles. The fourth-order valence-corrected chi connectivity index (χ4v) is 9.61. The molecule has 0 saturated carbocycles. The van der Waals surface area contributed by atoms with Crippen molar-refractivity contribution in [3.05, 3.63) is 211 Å². The van der Waals surface area contributed by atoms with Gasteiger partial charge in [0.05, 0.1) is 5.69 Å². The number of hydrogen-bond donors (Lipinski definition) is 0. The van der Waals surface area contributed by atoms with E-state index in [2.05, 4.69) is 219 Å². The van der Waals surface area contributed by atoms with Gasteiger partial charge in [-0.2, -0.15) is 0 Å². The lowest BCUT2D eigenvalue weighted by Crippen LogP contribution is -2.17. The van der Waals surface area contributed by atoms with Crippen molar-refractivity contribution in [3.63, 3.8) is 0 Å². The van der Waals surface area contributed by atoms with Gasteiger partial charge in [0.2, 0.25) is 0 Å². The largest absolute Gasteiger partial charge is 0.310 e. The number of rotatable bonds is 5. The summed E-state index contributed by atoms with van der Waals surface area (Å²) in [7, 11) is 0. The fourth-order valence-electron chi connectivity index (χ4n) is 9.61. The summed E-state index contributed by atoms with van der Waals surface area (Å²) >= 11 is 0. The van der Waals surface area contributed by atoms with E-state index in [4.69, 9.17) is 0 Å². The minimum atomic E-state index is -0.131. The monoisotopic (exact) mass is 713 g/mol. The number of para-hydroxylation sites is 1. The Labute approximate surface area is 327 Å². The maximum absolute atomic E-state index is 2.49. The molecule has 0 saturated heterocycles. The van der Waals surface area contributed by atoms with E-state index in [0.717, 1.165) is 17.1 Å². The molecular formula is C55H39N. The first-order valence-electron chi connectivity index (χ1n) is 19.6. The highest BCUT2D eigenvalue weighted by Crippen LogP contribution is 2.53. The van der Waals surface area contributed by atoms with Crippen molar-refractivity contribution in [2.45, 2.75) is 19.3 Å². The van der Waals surface area contributed by atoms with Gasteiger partial charge in [0, 0.05) is 22.4 Å². The minimum Gasteiger partial charge on any atom is -0.310 e. The zero-order valence-electron chi connectivity index (χ0n) is 31.5. The summed E-state index contributed by atoms with van der Waals surface area (Å²) in [5.74, 6) is 0. The highest BCUT2D eigenvalue weighted by molar-refractivity contribution is 6.19. The van der Waals surface area contributed by atoms with Crippen LogP contribution >= 0.6 is 0 Å². The van der Waals surface area contributed by atoms with Crippen LogP contribution in [0, 0.1) is 0 Å². The van der Waals surface area contributed by atoms with E-state index in [0.29, 0.717) is 0 Å². The molecule has 0 radical (unpaired) electrons. The SMILES string of the molecule is CC1(C)c2ccccc2-c2ccc(N(c3ccccc3)c3cccc(-c4cc5ccccc5c5ccccc45)c3-c3cc4ccccc4c4ccccc34)cc21. The molecule has 264 valence electrons. The number of nitrogens with zero attached hydrogens (tertiary/aromatic N) is 1. The molecule has 0 fully saturated rings. The molecule has 0 unspecified atom stereocenters. The summed E-state index contributed by atoms with van der Waals surface area (Å²) in [4.78, 5) is 2.49. The standard InChI is InChI=1S/C55H39N/c1-55(2)51-29-15-14-27-46(51)47-32-31-39(35-52(47)55)56(38-19-4-3-5-20-38)53-30-16-28-48(49-33-36-17-6-8-21-40(36)42-23-10-12-25-44(42)49)54(53)50-34-37-18-7-9-22-41(37)43-24-11-13-26-45(43)50/h3-35H,1-2H3. The maximum Gasteiger partial charge on any atom is 0.0546 e. The highest BCUT2D eigenvalue weighted by atomic mass is 15.1. The van der Waals surface area contributed by atoms with E-state index in [1.54, 1.807) is 0 Å². The fraction of sp³-hybridized carbons (Fsp3) is 0.0545. The molecule has 1 aliphatic rings. The van der Waals surface area contributed by atoms with Crippen molar-refractivity contribution in [1.29, 1.82) is 0 Å². The number of anilines is 3. The summed E-state index contributed by atoms with van der Waals surface area (Å²) in [5.41, 5.74) is 13.5. The van der Waals surface area contributed by atoms with E-state index >= 15 is 0 Å². The second-order valence-corrected chi connectivity index (χ2v) is 15.7. The summed E-state index contributed by atoms with van der Waals surface area (Å²) in [6.07, 6.45) is 0. The molecule has 0 N–H and O–H groups in total. The smallest absolute Gasteiger partial charge is 0.0546 e. The molecule has 0 spiro atoms. The van der Waals surface area contributed by atoms with Gasteiger partial charge < -0.3 is 4.90 Å². The molecule has 0 heterocycles. The maximum atomic E-state index is 2.49. The Morgan fingerprint density at radius 3 is 1.54 bits per heavy atom. The Hall–Kier alpha value is -6.96. The molecule has 0 atom stereocenters. The van der Waals surface area contributed by atoms with Crippen LogP contribution in [0.5, 0.6) is 0 Å². The van der Waals surface area contributed by atoms with Crippen LogP contribution < -0.4 is 4.90 Å². The molecule has 11 rings (SSSR count). The van der Waals surface area contributed by atoms with Crippen molar-refractivity contribution in [1.82, 2.24) is 0 Å². The van der Waals surface area contributed by atoms with Crippen LogP contribution in [-0.4, -0.2) is 0 Å². The molecule has 10 aromatic rings. The second-order valence-electron chi connectivity index (χ2n) is 15.7. The molecule has 10 aromatic carbocycles. The average Bonchev–Trinajstić information content (AvgIpc) is 3.49. The average molecular weight is 714 g/mol. The summed E-state index contributed by atoms with van der Waals surface area (Å²) in [6.45, 7) is 4.73. The zero-order valence-corrected chi connectivity index (χ0v) is 31.5. The molecule has 0 aromatic heterocycles. The highest BCUT2D eigenvalue weighted by Gasteiger charge is 2.36. The molecule has 0 bridgehead atoms. The Balaban J connectivity index is 1.27. The first kappa shape index (κ1) is 32.5. The van der Waals surface area contributed by atoms with Crippen LogP contribution in [0.4, 0.5) is 17.1 Å². The van der Waals surface area contributed by atoms with Crippen LogP contribution in [0.3, 0.4) is 0 Å². The summed E-state index contributed by atoms with van der Waals surface area (Å²) in [6, 6.07) is 74.2. The van der Waals surface area contributed by atoms with Crippen LogP contribution in [0.25, 0.3) is 76.5 Å². The Morgan fingerprint density at radius 1 is 0.321 bits per heavy atom. The van der Waals surface area contributed by atoms with Crippen molar-refractivity contribution in [2.24, 2.45) is 0 Å².